The second-order valence-electron chi connectivity index (χ2n) is 1.62. The smallest absolute Gasteiger partial charge is 1.00 e. The van der Waals surface area contributed by atoms with Crippen LogP contribution in [0.15, 0.2) is 11.5 Å². The number of hydrogen-bond donors (Lipinski definition) is 1. The van der Waals surface area contributed by atoms with E-state index in [1.165, 1.54) is 13.0 Å². The number of rotatable bonds is 1. The molecule has 1 N–H and O–H groups in total. The molecule has 0 fully saturated rings. The second-order valence-corrected chi connectivity index (χ2v) is 5.61. The number of hydrogen-bond acceptors (Lipinski definition) is 2. The van der Waals surface area contributed by atoms with Crippen molar-refractivity contribution >= 4 is 24.9 Å². The van der Waals surface area contributed by atoms with Crippen LogP contribution in [0.5, 0.6) is 0 Å². The van der Waals surface area contributed by atoms with E-state index in [-0.39, 0.29) is 20.3 Å². The van der Waals surface area contributed by atoms with Gasteiger partial charge in [0, 0.05) is 0 Å². The summed E-state index contributed by atoms with van der Waals surface area (Å²) in [6, 6.07) is 0. The van der Waals surface area contributed by atoms with Crippen LogP contribution in [-0.2, 0) is 10.1 Å². The standard InChI is InChI=1S/C3H6O3S.AsF5.Li.H/c1-2-3-7(4,5)6;2-1(3,4,5)6;;/h2-3H,1H3,(H,4,5,6);;;/q;;+1;-1/b3-2-;;;. The first kappa shape index (κ1) is 19.9. The van der Waals surface area contributed by atoms with Crippen LogP contribution in [0.1, 0.15) is 8.35 Å². The van der Waals surface area contributed by atoms with E-state index in [1.54, 1.807) is 0 Å². The molecule has 0 saturated carbocycles. The predicted octanol–water partition coefficient (Wildman–Crippen LogP) is -0.755. The van der Waals surface area contributed by atoms with Gasteiger partial charge >= 0.3 is 51.0 Å². The van der Waals surface area contributed by atoms with E-state index < -0.39 is 24.9 Å². The summed E-state index contributed by atoms with van der Waals surface area (Å²) < 4.78 is 76.7. The Hall–Kier alpha value is 0.456. The molecular weight excluding hydrogens is 293 g/mol. The molecule has 0 heterocycles. The average Bonchev–Trinajstić information content (AvgIpc) is 1.51. The molecule has 0 aromatic heterocycles. The molecule has 0 aliphatic rings. The van der Waals surface area contributed by atoms with E-state index in [0.717, 1.165) is 0 Å². The Labute approximate surface area is 93.9 Å². The minimum absolute atomic E-state index is 0. The van der Waals surface area contributed by atoms with Gasteiger partial charge in [-0.3, -0.25) is 4.55 Å². The molecule has 0 aromatic carbocycles. The van der Waals surface area contributed by atoms with Gasteiger partial charge < -0.3 is 1.43 Å². The Morgan fingerprint density at radius 1 is 1.21 bits per heavy atom. The van der Waals surface area contributed by atoms with Crippen molar-refractivity contribution in [2.45, 2.75) is 6.92 Å². The maximum atomic E-state index is 9.89. The summed E-state index contributed by atoms with van der Waals surface area (Å²) in [5.74, 6) is 0. The molecule has 0 spiro atoms. The molecule has 0 aliphatic heterocycles. The summed E-state index contributed by atoms with van der Waals surface area (Å²) in [5, 5.41) is 0.715. The first-order chi connectivity index (χ1) is 5.30. The summed E-state index contributed by atoms with van der Waals surface area (Å²) in [4.78, 5) is 0. The Morgan fingerprint density at radius 2 is 1.43 bits per heavy atom. The zero-order chi connectivity index (χ0) is 11.4. The van der Waals surface area contributed by atoms with Crippen LogP contribution in [0.25, 0.3) is 0 Å². The van der Waals surface area contributed by atoms with Crippen molar-refractivity contribution in [3.63, 3.8) is 0 Å². The van der Waals surface area contributed by atoms with Gasteiger partial charge in [0.25, 0.3) is 10.1 Å². The van der Waals surface area contributed by atoms with Crippen molar-refractivity contribution in [2.24, 2.45) is 0 Å². The number of halogens is 5. The van der Waals surface area contributed by atoms with Gasteiger partial charge in [-0.2, -0.15) is 8.42 Å². The van der Waals surface area contributed by atoms with Crippen LogP contribution in [0.2, 0.25) is 0 Å². The molecule has 0 aromatic rings. The van der Waals surface area contributed by atoms with Crippen molar-refractivity contribution in [2.75, 3.05) is 0 Å². The summed E-state index contributed by atoms with van der Waals surface area (Å²) in [6.45, 7) is 1.51. The Kier molecular flexibility index (Phi) is 8.73. The molecule has 0 bridgehead atoms. The van der Waals surface area contributed by atoms with Gasteiger partial charge in [0.2, 0.25) is 0 Å². The van der Waals surface area contributed by atoms with Crippen LogP contribution < -0.4 is 18.9 Å². The van der Waals surface area contributed by atoms with Gasteiger partial charge in [-0.25, -0.2) is 0 Å². The van der Waals surface area contributed by atoms with Crippen molar-refractivity contribution in [1.29, 1.82) is 0 Å². The third-order valence-corrected chi connectivity index (χ3v) is 0.924. The molecule has 84 valence electrons. The minimum Gasteiger partial charge on any atom is -1.00 e. The monoisotopic (exact) mass is 300 g/mol. The first-order valence-electron chi connectivity index (χ1n) is 2.51. The summed E-state index contributed by atoms with van der Waals surface area (Å²) in [5.41, 5.74) is 0. The van der Waals surface area contributed by atoms with Crippen molar-refractivity contribution in [1.82, 2.24) is 0 Å². The molecule has 0 saturated heterocycles. The molecule has 14 heavy (non-hydrogen) atoms. The van der Waals surface area contributed by atoms with E-state index in [0.29, 0.717) is 5.41 Å². The fourth-order valence-corrected chi connectivity index (χ4v) is 0.516. The molecule has 0 unspecified atom stereocenters. The average molecular weight is 300 g/mol. The zero-order valence-electron chi connectivity index (χ0n) is 8.16. The quantitative estimate of drug-likeness (QED) is 0.394. The molecule has 0 radical (unpaired) electrons. The van der Waals surface area contributed by atoms with Crippen LogP contribution in [0, 0.1) is 0 Å². The van der Waals surface area contributed by atoms with Crippen LogP contribution in [0.4, 0.5) is 17.3 Å². The molecule has 0 amide bonds. The van der Waals surface area contributed by atoms with Crippen LogP contribution in [0.3, 0.4) is 0 Å². The first-order valence-corrected chi connectivity index (χ1v) is 7.56. The topological polar surface area (TPSA) is 54.4 Å². The third-order valence-electron chi connectivity index (χ3n) is 0.308. The van der Waals surface area contributed by atoms with Gasteiger partial charge in [-0.15, -0.1) is 0 Å². The summed E-state index contributed by atoms with van der Waals surface area (Å²) in [6.07, 6.45) is 1.25. The van der Waals surface area contributed by atoms with Crippen molar-refractivity contribution in [3.8, 4) is 0 Å². The summed E-state index contributed by atoms with van der Waals surface area (Å²) >= 11 is -8.99. The molecule has 0 aliphatic carbocycles. The van der Waals surface area contributed by atoms with Gasteiger partial charge in [0.05, 0.1) is 5.41 Å². The molecular formula is C3H7AsF5LiO3S. The Morgan fingerprint density at radius 3 is 1.43 bits per heavy atom. The van der Waals surface area contributed by atoms with Crippen molar-refractivity contribution in [3.05, 3.63) is 11.5 Å². The maximum absolute atomic E-state index is 9.89. The van der Waals surface area contributed by atoms with Crippen LogP contribution >= 0.6 is 0 Å². The van der Waals surface area contributed by atoms with Crippen molar-refractivity contribution < 1.29 is 50.6 Å². The largest absolute Gasteiger partial charge is 1.00 e. The van der Waals surface area contributed by atoms with Gasteiger partial charge in [-0.1, -0.05) is 6.08 Å². The van der Waals surface area contributed by atoms with Gasteiger partial charge in [0.1, 0.15) is 0 Å². The SMILES string of the molecule is C/C=C\S(=O)(=O)O.F[As](F)(F)(F)F.[H-].[Li+]. The van der Waals surface area contributed by atoms with E-state index in [9.17, 15) is 25.8 Å². The second kappa shape index (κ2) is 6.13. The summed E-state index contributed by atoms with van der Waals surface area (Å²) in [7, 11) is -3.85. The fraction of sp³-hybridized carbons (Fsp3) is 0.333. The molecule has 0 rings (SSSR count). The van der Waals surface area contributed by atoms with E-state index >= 15 is 0 Å². The zero-order valence-corrected chi connectivity index (χ0v) is 9.86. The molecule has 3 nitrogen and oxygen atoms in total. The Balaban J connectivity index is -0.0000000718. The molecule has 0 atom stereocenters. The normalized spacial score (nSPS) is 14.6. The van der Waals surface area contributed by atoms with E-state index in [2.05, 4.69) is 0 Å². The minimum atomic E-state index is -8.99. The van der Waals surface area contributed by atoms with E-state index in [1.807, 2.05) is 0 Å². The van der Waals surface area contributed by atoms with Gasteiger partial charge in [-0.05, 0) is 6.92 Å². The van der Waals surface area contributed by atoms with Crippen LogP contribution in [-0.4, -0.2) is 27.8 Å². The van der Waals surface area contributed by atoms with E-state index in [4.69, 9.17) is 4.55 Å². The van der Waals surface area contributed by atoms with Gasteiger partial charge in [0.15, 0.2) is 0 Å². The maximum Gasteiger partial charge on any atom is 1.00 e. The predicted molar refractivity (Wildman–Crippen MR) is 38.8 cm³/mol. The Bertz CT molecular complexity index is 269. The third kappa shape index (κ3) is 82.3. The number of allylic oxidation sites excluding steroid dienone is 1. The molecule has 11 heteroatoms. The fourth-order valence-electron chi connectivity index (χ4n) is 0.172.